The van der Waals surface area contributed by atoms with E-state index in [2.05, 4.69) is 17.4 Å². The molecule has 0 radical (unpaired) electrons. The fraction of sp³-hybridized carbons (Fsp3) is 0.316. The minimum absolute atomic E-state index is 0.0225. The van der Waals surface area contributed by atoms with Crippen LogP contribution in [0.3, 0.4) is 0 Å². The first-order valence-electron chi connectivity index (χ1n) is 8.17. The third kappa shape index (κ3) is 3.30. The van der Waals surface area contributed by atoms with Crippen molar-refractivity contribution in [3.05, 3.63) is 74.8 Å². The van der Waals surface area contributed by atoms with Crippen LogP contribution >= 0.6 is 0 Å². The summed E-state index contributed by atoms with van der Waals surface area (Å²) in [6, 6.07) is 12.9. The maximum Gasteiger partial charge on any atom is 0.273 e. The molecule has 0 fully saturated rings. The van der Waals surface area contributed by atoms with Gasteiger partial charge in [0.15, 0.2) is 0 Å². The normalized spacial score (nSPS) is 16.3. The van der Waals surface area contributed by atoms with Crippen molar-refractivity contribution in [2.45, 2.75) is 32.1 Å². The summed E-state index contributed by atoms with van der Waals surface area (Å²) in [4.78, 5) is 22.9. The number of nitro groups is 1. The Morgan fingerprint density at radius 3 is 2.88 bits per heavy atom. The van der Waals surface area contributed by atoms with Crippen LogP contribution in [-0.4, -0.2) is 17.4 Å². The van der Waals surface area contributed by atoms with E-state index >= 15 is 0 Å². The van der Waals surface area contributed by atoms with E-state index in [4.69, 9.17) is 0 Å². The lowest BCUT2D eigenvalue weighted by Gasteiger charge is -2.25. The lowest BCUT2D eigenvalue weighted by Crippen LogP contribution is -2.30. The van der Waals surface area contributed by atoms with E-state index in [1.165, 1.54) is 17.2 Å². The standard InChI is InChI=1S/C19H20N2O3/c1-13-9-10-15(11-18(13)21(23)24)19(22)20-12-16-7-4-6-14-5-2-3-8-17(14)16/h2-3,5,8-11,16H,4,6-7,12H2,1H3,(H,20,22). The molecule has 1 unspecified atom stereocenters. The number of benzene rings is 2. The van der Waals surface area contributed by atoms with Crippen LogP contribution in [0.2, 0.25) is 0 Å². The molecule has 1 atom stereocenters. The number of fused-ring (bicyclic) bond motifs is 1. The van der Waals surface area contributed by atoms with Crippen LogP contribution in [0.15, 0.2) is 42.5 Å². The van der Waals surface area contributed by atoms with Gasteiger partial charge in [-0.25, -0.2) is 0 Å². The molecule has 0 saturated heterocycles. The van der Waals surface area contributed by atoms with Crippen LogP contribution in [0.1, 0.15) is 45.8 Å². The molecule has 2 aromatic carbocycles. The second-order valence-corrected chi connectivity index (χ2v) is 6.26. The number of nitrogens with zero attached hydrogens (tertiary/aromatic N) is 1. The van der Waals surface area contributed by atoms with Crippen molar-refractivity contribution in [3.63, 3.8) is 0 Å². The van der Waals surface area contributed by atoms with Gasteiger partial charge in [0, 0.05) is 29.7 Å². The quantitative estimate of drug-likeness (QED) is 0.687. The molecule has 0 saturated carbocycles. The summed E-state index contributed by atoms with van der Waals surface area (Å²) in [6.45, 7) is 2.22. The van der Waals surface area contributed by atoms with Gasteiger partial charge in [-0.2, -0.15) is 0 Å². The molecule has 0 bridgehead atoms. The Labute approximate surface area is 140 Å². The number of rotatable bonds is 4. The molecule has 5 nitrogen and oxygen atoms in total. The molecule has 0 heterocycles. The van der Waals surface area contributed by atoms with Crippen LogP contribution < -0.4 is 5.32 Å². The second-order valence-electron chi connectivity index (χ2n) is 6.26. The van der Waals surface area contributed by atoms with Crippen molar-refractivity contribution in [1.82, 2.24) is 5.32 Å². The zero-order valence-corrected chi connectivity index (χ0v) is 13.6. The van der Waals surface area contributed by atoms with Gasteiger partial charge in [0.2, 0.25) is 0 Å². The zero-order valence-electron chi connectivity index (χ0n) is 13.6. The van der Waals surface area contributed by atoms with Crippen molar-refractivity contribution >= 4 is 11.6 Å². The summed E-state index contributed by atoms with van der Waals surface area (Å²) >= 11 is 0. The SMILES string of the molecule is Cc1ccc(C(=O)NCC2CCCc3ccccc32)cc1[N+](=O)[O-]. The molecular weight excluding hydrogens is 304 g/mol. The average Bonchev–Trinajstić information content (AvgIpc) is 2.59. The summed E-state index contributed by atoms with van der Waals surface area (Å²) < 4.78 is 0. The van der Waals surface area contributed by atoms with Gasteiger partial charge in [0.1, 0.15) is 0 Å². The van der Waals surface area contributed by atoms with Crippen molar-refractivity contribution in [2.75, 3.05) is 6.54 Å². The first-order chi connectivity index (χ1) is 11.6. The van der Waals surface area contributed by atoms with Crippen LogP contribution in [0.25, 0.3) is 0 Å². The summed E-state index contributed by atoms with van der Waals surface area (Å²) in [5, 5.41) is 13.9. The van der Waals surface area contributed by atoms with Gasteiger partial charge in [0.25, 0.3) is 11.6 Å². The zero-order chi connectivity index (χ0) is 17.1. The third-order valence-electron chi connectivity index (χ3n) is 4.67. The Kier molecular flexibility index (Phi) is 4.60. The fourth-order valence-electron chi connectivity index (χ4n) is 3.33. The number of nitro benzene ring substituents is 1. The molecule has 3 rings (SSSR count). The van der Waals surface area contributed by atoms with Gasteiger partial charge >= 0.3 is 0 Å². The highest BCUT2D eigenvalue weighted by Crippen LogP contribution is 2.30. The summed E-state index contributed by atoms with van der Waals surface area (Å²) in [5.74, 6) is 0.0421. The third-order valence-corrected chi connectivity index (χ3v) is 4.67. The van der Waals surface area contributed by atoms with Crippen molar-refractivity contribution in [1.29, 1.82) is 0 Å². The highest BCUT2D eigenvalue weighted by Gasteiger charge is 2.21. The maximum atomic E-state index is 12.4. The molecule has 0 spiro atoms. The fourth-order valence-corrected chi connectivity index (χ4v) is 3.33. The number of hydrogen-bond acceptors (Lipinski definition) is 3. The molecule has 2 aromatic rings. The largest absolute Gasteiger partial charge is 0.351 e. The van der Waals surface area contributed by atoms with E-state index in [9.17, 15) is 14.9 Å². The molecular formula is C19H20N2O3. The minimum atomic E-state index is -0.455. The summed E-state index contributed by atoms with van der Waals surface area (Å²) in [7, 11) is 0. The molecule has 1 amide bonds. The van der Waals surface area contributed by atoms with Crippen LogP contribution in [0, 0.1) is 17.0 Å². The summed E-state index contributed by atoms with van der Waals surface area (Å²) in [5.41, 5.74) is 3.52. The first kappa shape index (κ1) is 16.2. The Morgan fingerprint density at radius 2 is 2.08 bits per heavy atom. The smallest absolute Gasteiger partial charge is 0.273 e. The molecule has 0 aromatic heterocycles. The molecule has 5 heteroatoms. The highest BCUT2D eigenvalue weighted by molar-refractivity contribution is 5.95. The van der Waals surface area contributed by atoms with Gasteiger partial charge in [-0.3, -0.25) is 14.9 Å². The number of aryl methyl sites for hydroxylation is 2. The van der Waals surface area contributed by atoms with Crippen LogP contribution in [-0.2, 0) is 6.42 Å². The van der Waals surface area contributed by atoms with Gasteiger partial charge in [-0.05, 0) is 43.4 Å². The number of carbonyl (C=O) groups is 1. The summed E-state index contributed by atoms with van der Waals surface area (Å²) in [6.07, 6.45) is 3.25. The highest BCUT2D eigenvalue weighted by atomic mass is 16.6. The van der Waals surface area contributed by atoms with Gasteiger partial charge in [-0.1, -0.05) is 30.3 Å². The number of carbonyl (C=O) groups excluding carboxylic acids is 1. The number of nitrogens with one attached hydrogen (secondary N) is 1. The second kappa shape index (κ2) is 6.83. The molecule has 1 N–H and O–H groups in total. The Bertz CT molecular complexity index is 786. The average molecular weight is 324 g/mol. The first-order valence-corrected chi connectivity index (χ1v) is 8.17. The Morgan fingerprint density at radius 1 is 1.29 bits per heavy atom. The van der Waals surface area contributed by atoms with Crippen LogP contribution in [0.4, 0.5) is 5.69 Å². The number of amides is 1. The van der Waals surface area contributed by atoms with Gasteiger partial charge in [0.05, 0.1) is 4.92 Å². The van der Waals surface area contributed by atoms with E-state index in [1.807, 2.05) is 12.1 Å². The lowest BCUT2D eigenvalue weighted by atomic mass is 9.83. The monoisotopic (exact) mass is 324 g/mol. The van der Waals surface area contributed by atoms with Crippen molar-refractivity contribution in [2.24, 2.45) is 0 Å². The molecule has 124 valence electrons. The molecule has 1 aliphatic carbocycles. The van der Waals surface area contributed by atoms with Crippen molar-refractivity contribution < 1.29 is 9.72 Å². The van der Waals surface area contributed by atoms with E-state index in [-0.39, 0.29) is 11.6 Å². The van der Waals surface area contributed by atoms with E-state index < -0.39 is 4.92 Å². The topological polar surface area (TPSA) is 72.2 Å². The Hall–Kier alpha value is -2.69. The van der Waals surface area contributed by atoms with E-state index in [0.717, 1.165) is 19.3 Å². The lowest BCUT2D eigenvalue weighted by molar-refractivity contribution is -0.385. The predicted molar refractivity (Wildman–Crippen MR) is 92.3 cm³/mol. The molecule has 0 aliphatic heterocycles. The molecule has 24 heavy (non-hydrogen) atoms. The molecule has 1 aliphatic rings. The van der Waals surface area contributed by atoms with Crippen LogP contribution in [0.5, 0.6) is 0 Å². The van der Waals surface area contributed by atoms with Crippen molar-refractivity contribution in [3.8, 4) is 0 Å². The van der Waals surface area contributed by atoms with E-state index in [0.29, 0.717) is 23.6 Å². The van der Waals surface area contributed by atoms with E-state index in [1.54, 1.807) is 19.1 Å². The minimum Gasteiger partial charge on any atom is -0.351 e. The predicted octanol–water partition coefficient (Wildman–Crippen LogP) is 3.75. The Balaban J connectivity index is 1.71. The van der Waals surface area contributed by atoms with Gasteiger partial charge in [-0.15, -0.1) is 0 Å². The van der Waals surface area contributed by atoms with Gasteiger partial charge < -0.3 is 5.32 Å². The maximum absolute atomic E-state index is 12.4. The number of hydrogen-bond donors (Lipinski definition) is 1.